The van der Waals surface area contributed by atoms with Gasteiger partial charge in [0.05, 0.1) is 10.4 Å². The van der Waals surface area contributed by atoms with Crippen LogP contribution in [0.15, 0.2) is 77.5 Å². The fourth-order valence-electron chi connectivity index (χ4n) is 3.24. The summed E-state index contributed by atoms with van der Waals surface area (Å²) in [7, 11) is 0.146. The molecule has 4 aromatic rings. The highest BCUT2D eigenvalue weighted by molar-refractivity contribution is 7.89. The van der Waals surface area contributed by atoms with Crippen LogP contribution < -0.4 is 20.1 Å². The fourth-order valence-corrected chi connectivity index (χ4v) is 5.01. The molecule has 0 saturated heterocycles. The lowest BCUT2D eigenvalue weighted by molar-refractivity contribution is -0.111. The third-order valence-electron chi connectivity index (χ3n) is 5.05. The van der Waals surface area contributed by atoms with E-state index in [2.05, 4.69) is 31.9 Å². The third kappa shape index (κ3) is 6.89. The number of amides is 1. The molecule has 1 amide bonds. The molecule has 0 radical (unpaired) electrons. The van der Waals surface area contributed by atoms with Crippen LogP contribution in [-0.2, 0) is 14.8 Å². The fraction of sp³-hybridized carbons (Fsp3) is 0.160. The molecule has 0 bridgehead atoms. The molecular weight excluding hydrogens is 512 g/mol. The second-order valence-electron chi connectivity index (χ2n) is 8.16. The van der Waals surface area contributed by atoms with Crippen LogP contribution in [0.3, 0.4) is 0 Å². The van der Waals surface area contributed by atoms with Gasteiger partial charge in [0.25, 0.3) is 0 Å². The summed E-state index contributed by atoms with van der Waals surface area (Å²) in [6.07, 6.45) is 1.19. The summed E-state index contributed by atoms with van der Waals surface area (Å²) in [5, 5.41) is 7.69. The normalized spacial score (nSPS) is 11.4. The molecule has 4 rings (SSSR count). The predicted molar refractivity (Wildman–Crippen MR) is 146 cm³/mol. The van der Waals surface area contributed by atoms with Crippen molar-refractivity contribution in [2.75, 3.05) is 37.8 Å². The van der Waals surface area contributed by atoms with Crippen molar-refractivity contribution >= 4 is 54.8 Å². The molecule has 0 aliphatic rings. The van der Waals surface area contributed by atoms with Gasteiger partial charge >= 0.3 is 0 Å². The number of likely N-dealkylation sites (N-methyl/N-ethyl adjacent to an activating group) is 1. The molecule has 2 aromatic carbocycles. The van der Waals surface area contributed by atoms with E-state index >= 15 is 0 Å². The van der Waals surface area contributed by atoms with E-state index in [1.807, 2.05) is 30.4 Å². The molecular formula is C25H26N6O4S2. The van der Waals surface area contributed by atoms with Crippen molar-refractivity contribution in [1.82, 2.24) is 19.6 Å². The van der Waals surface area contributed by atoms with Gasteiger partial charge in [-0.3, -0.25) is 4.79 Å². The van der Waals surface area contributed by atoms with Gasteiger partial charge in [0, 0.05) is 30.5 Å². The van der Waals surface area contributed by atoms with E-state index in [9.17, 15) is 13.2 Å². The Morgan fingerprint density at radius 3 is 2.62 bits per heavy atom. The number of carbonyl (C=O) groups excluding carboxylic acids is 1. The smallest absolute Gasteiger partial charge is 0.247 e. The molecule has 2 heterocycles. The summed E-state index contributed by atoms with van der Waals surface area (Å²) in [5.74, 6) is 0.794. The average molecular weight is 539 g/mol. The van der Waals surface area contributed by atoms with E-state index in [1.165, 1.54) is 29.5 Å². The van der Waals surface area contributed by atoms with Crippen LogP contribution in [0.4, 0.5) is 17.3 Å². The van der Waals surface area contributed by atoms with E-state index in [4.69, 9.17) is 4.74 Å². The Hall–Kier alpha value is -3.84. The van der Waals surface area contributed by atoms with Gasteiger partial charge in [-0.1, -0.05) is 12.6 Å². The zero-order chi connectivity index (χ0) is 26.4. The average Bonchev–Trinajstić information content (AvgIpc) is 3.33. The maximum absolute atomic E-state index is 12.5. The lowest BCUT2D eigenvalue weighted by Crippen LogP contribution is -2.31. The Bertz CT molecular complexity index is 1520. The van der Waals surface area contributed by atoms with Gasteiger partial charge < -0.3 is 20.3 Å². The van der Waals surface area contributed by atoms with Crippen molar-refractivity contribution in [2.45, 2.75) is 4.90 Å². The molecule has 0 fully saturated rings. The number of nitrogens with zero attached hydrogens (tertiary/aromatic N) is 3. The van der Waals surface area contributed by atoms with Crippen molar-refractivity contribution < 1.29 is 17.9 Å². The van der Waals surface area contributed by atoms with Crippen LogP contribution in [0.1, 0.15) is 0 Å². The third-order valence-corrected chi connectivity index (χ3v) is 7.41. The molecule has 0 atom stereocenters. The largest absolute Gasteiger partial charge is 0.437 e. The number of hydrogen-bond acceptors (Lipinski definition) is 9. The first kappa shape index (κ1) is 26.2. The molecule has 0 spiro atoms. The van der Waals surface area contributed by atoms with Crippen LogP contribution >= 0.6 is 11.3 Å². The first-order chi connectivity index (χ1) is 17.7. The van der Waals surface area contributed by atoms with Crippen molar-refractivity contribution in [3.63, 3.8) is 0 Å². The Balaban J connectivity index is 1.52. The van der Waals surface area contributed by atoms with Crippen LogP contribution in [0.25, 0.3) is 10.2 Å². The number of aromatic nitrogens is 2. The second-order valence-corrected chi connectivity index (χ2v) is 10.8. The molecule has 2 aromatic heterocycles. The van der Waals surface area contributed by atoms with Crippen LogP contribution in [0, 0.1) is 0 Å². The van der Waals surface area contributed by atoms with E-state index in [0.717, 1.165) is 4.70 Å². The Kier molecular flexibility index (Phi) is 8.14. The minimum Gasteiger partial charge on any atom is -0.437 e. The SMILES string of the molecule is C=CC(=O)Nc1cccc(Oc2nc(Nc3ccc(S(=O)(=O)NCCN(C)C)cc3)nc3ccsc23)c1. The zero-order valence-corrected chi connectivity index (χ0v) is 21.9. The summed E-state index contributed by atoms with van der Waals surface area (Å²) < 4.78 is 34.4. The molecule has 3 N–H and O–H groups in total. The number of fused-ring (bicyclic) bond motifs is 1. The minimum atomic E-state index is -3.61. The predicted octanol–water partition coefficient (Wildman–Crippen LogP) is 4.19. The number of thiophene rings is 1. The highest BCUT2D eigenvalue weighted by atomic mass is 32.2. The van der Waals surface area contributed by atoms with Gasteiger partial charge in [-0.2, -0.15) is 4.98 Å². The Morgan fingerprint density at radius 1 is 1.11 bits per heavy atom. The standard InChI is InChI=1S/C25H26N6O4S2/c1-4-22(32)27-18-6-5-7-19(16-18)35-24-23-21(12-15-36-23)29-25(30-24)28-17-8-10-20(11-9-17)37(33,34)26-13-14-31(2)3/h4-12,15-16,26H,1,13-14H2,2-3H3,(H,27,32)(H,28,29,30). The Labute approximate surface area is 219 Å². The van der Waals surface area contributed by atoms with Crippen molar-refractivity contribution in [1.29, 1.82) is 0 Å². The van der Waals surface area contributed by atoms with Gasteiger partial charge in [0.1, 0.15) is 10.4 Å². The lowest BCUT2D eigenvalue weighted by atomic mass is 10.3. The van der Waals surface area contributed by atoms with E-state index < -0.39 is 10.0 Å². The lowest BCUT2D eigenvalue weighted by Gasteiger charge is -2.12. The maximum Gasteiger partial charge on any atom is 0.247 e. The van der Waals surface area contributed by atoms with E-state index in [-0.39, 0.29) is 16.8 Å². The highest BCUT2D eigenvalue weighted by Gasteiger charge is 2.15. The monoisotopic (exact) mass is 538 g/mol. The number of rotatable bonds is 11. The first-order valence-electron chi connectivity index (χ1n) is 11.2. The summed E-state index contributed by atoms with van der Waals surface area (Å²) >= 11 is 1.44. The van der Waals surface area contributed by atoms with Crippen LogP contribution in [0.5, 0.6) is 11.6 Å². The van der Waals surface area contributed by atoms with Gasteiger partial charge in [0.2, 0.25) is 27.8 Å². The molecule has 0 saturated carbocycles. The molecule has 37 heavy (non-hydrogen) atoms. The second kappa shape index (κ2) is 11.5. The topological polar surface area (TPSA) is 126 Å². The minimum absolute atomic E-state index is 0.165. The van der Waals surface area contributed by atoms with Gasteiger partial charge in [-0.25, -0.2) is 18.1 Å². The molecule has 0 aliphatic heterocycles. The van der Waals surface area contributed by atoms with Gasteiger partial charge in [-0.05, 0) is 68.0 Å². The Morgan fingerprint density at radius 2 is 1.89 bits per heavy atom. The van der Waals surface area contributed by atoms with E-state index in [0.29, 0.717) is 41.6 Å². The molecule has 12 heteroatoms. The maximum atomic E-state index is 12.5. The summed E-state index contributed by atoms with van der Waals surface area (Å²) in [5.41, 5.74) is 1.86. The van der Waals surface area contributed by atoms with Crippen LogP contribution in [0.2, 0.25) is 0 Å². The van der Waals surface area contributed by atoms with E-state index in [1.54, 1.807) is 36.4 Å². The van der Waals surface area contributed by atoms with Gasteiger partial charge in [0.15, 0.2) is 0 Å². The first-order valence-corrected chi connectivity index (χ1v) is 13.6. The quantitative estimate of drug-likeness (QED) is 0.243. The summed E-state index contributed by atoms with van der Waals surface area (Å²) in [6.45, 7) is 4.37. The number of anilines is 3. The summed E-state index contributed by atoms with van der Waals surface area (Å²) in [4.78, 5) is 22.7. The van der Waals surface area contributed by atoms with Gasteiger partial charge in [-0.15, -0.1) is 11.3 Å². The number of hydrogen-bond donors (Lipinski definition) is 3. The number of sulfonamides is 1. The van der Waals surface area contributed by atoms with Crippen LogP contribution in [-0.4, -0.2) is 56.4 Å². The molecule has 192 valence electrons. The van der Waals surface area contributed by atoms with Crippen molar-refractivity contribution in [3.8, 4) is 11.6 Å². The summed E-state index contributed by atoms with van der Waals surface area (Å²) in [6, 6.07) is 15.1. The highest BCUT2D eigenvalue weighted by Crippen LogP contribution is 2.33. The number of nitrogens with one attached hydrogen (secondary N) is 3. The zero-order valence-electron chi connectivity index (χ0n) is 20.3. The van der Waals surface area contributed by atoms with Crippen molar-refractivity contribution in [2.24, 2.45) is 0 Å². The number of benzene rings is 2. The molecule has 10 nitrogen and oxygen atoms in total. The van der Waals surface area contributed by atoms with Crippen molar-refractivity contribution in [3.05, 3.63) is 72.6 Å². The number of carbonyl (C=O) groups is 1. The molecule has 0 aliphatic carbocycles. The molecule has 0 unspecified atom stereocenters. The number of ether oxygens (including phenoxy) is 1.